The third-order valence-electron chi connectivity index (χ3n) is 9.29. The van der Waals surface area contributed by atoms with Crippen LogP contribution in [0, 0.1) is 0 Å². The summed E-state index contributed by atoms with van der Waals surface area (Å²) >= 11 is 1.86. The average Bonchev–Trinajstić information content (AvgIpc) is 3.54. The summed E-state index contributed by atoms with van der Waals surface area (Å²) in [5, 5.41) is 5.06. The lowest BCUT2D eigenvalue weighted by molar-refractivity contribution is 1.30. The van der Waals surface area contributed by atoms with E-state index in [2.05, 4.69) is 193 Å². The first-order valence-corrected chi connectivity index (χ1v) is 17.2. The van der Waals surface area contributed by atoms with E-state index in [0.29, 0.717) is 0 Å². The summed E-state index contributed by atoms with van der Waals surface area (Å²) in [5.74, 6) is 0. The second-order valence-corrected chi connectivity index (χ2v) is 13.2. The van der Waals surface area contributed by atoms with E-state index in [9.17, 15) is 0 Å². The van der Waals surface area contributed by atoms with Crippen molar-refractivity contribution < 1.29 is 0 Å². The van der Waals surface area contributed by atoms with E-state index < -0.39 is 0 Å². The molecule has 226 valence electrons. The second kappa shape index (κ2) is 12.0. The minimum atomic E-state index is 1.12. The molecule has 1 heterocycles. The highest BCUT2D eigenvalue weighted by Crippen LogP contribution is 2.45. The van der Waals surface area contributed by atoms with Gasteiger partial charge in [0.05, 0.1) is 11.4 Å². The van der Waals surface area contributed by atoms with Crippen LogP contribution in [-0.2, 0) is 0 Å². The molecule has 0 amide bonds. The number of thiophene rings is 1. The highest BCUT2D eigenvalue weighted by Gasteiger charge is 2.19. The fourth-order valence-corrected chi connectivity index (χ4v) is 7.99. The zero-order valence-corrected chi connectivity index (χ0v) is 27.1. The zero-order valence-electron chi connectivity index (χ0n) is 26.3. The van der Waals surface area contributed by atoms with Crippen LogP contribution in [0.3, 0.4) is 0 Å². The van der Waals surface area contributed by atoms with Gasteiger partial charge in [-0.2, -0.15) is 0 Å². The van der Waals surface area contributed by atoms with Gasteiger partial charge < -0.3 is 4.90 Å². The number of para-hydroxylation sites is 1. The van der Waals surface area contributed by atoms with Crippen molar-refractivity contribution in [3.63, 3.8) is 0 Å². The summed E-state index contributed by atoms with van der Waals surface area (Å²) < 4.78 is 2.64. The largest absolute Gasteiger partial charge is 0.309 e. The molecule has 0 radical (unpaired) electrons. The molecular weight excluding hydrogens is 599 g/mol. The predicted molar refractivity (Wildman–Crippen MR) is 208 cm³/mol. The lowest BCUT2D eigenvalue weighted by Crippen LogP contribution is -2.11. The van der Waals surface area contributed by atoms with Crippen LogP contribution >= 0.6 is 11.3 Å². The Morgan fingerprint density at radius 3 is 1.67 bits per heavy atom. The number of nitrogens with zero attached hydrogens (tertiary/aromatic N) is 1. The molecule has 1 aromatic heterocycles. The van der Waals surface area contributed by atoms with Gasteiger partial charge in [-0.1, -0.05) is 146 Å². The molecule has 2 heteroatoms. The van der Waals surface area contributed by atoms with Crippen molar-refractivity contribution in [1.82, 2.24) is 0 Å². The van der Waals surface area contributed by atoms with Gasteiger partial charge in [-0.3, -0.25) is 0 Å². The Labute approximate surface area is 284 Å². The Morgan fingerprint density at radius 2 is 0.875 bits per heavy atom. The Bertz CT molecular complexity index is 2540. The van der Waals surface area contributed by atoms with Crippen LogP contribution in [0.5, 0.6) is 0 Å². The third-order valence-corrected chi connectivity index (χ3v) is 10.4. The van der Waals surface area contributed by atoms with Gasteiger partial charge in [0.1, 0.15) is 0 Å². The van der Waals surface area contributed by atoms with Crippen molar-refractivity contribution in [2.45, 2.75) is 0 Å². The fourth-order valence-electron chi connectivity index (χ4n) is 6.91. The number of anilines is 3. The first-order chi connectivity index (χ1) is 23.8. The highest BCUT2D eigenvalue weighted by molar-refractivity contribution is 7.25. The Hall–Kier alpha value is -5.96. The summed E-state index contributed by atoms with van der Waals surface area (Å²) in [5.41, 5.74) is 10.7. The number of hydrogen-bond acceptors (Lipinski definition) is 2. The van der Waals surface area contributed by atoms with E-state index in [1.807, 2.05) is 11.3 Å². The van der Waals surface area contributed by atoms with Crippen LogP contribution in [0.2, 0.25) is 0 Å². The van der Waals surface area contributed by atoms with E-state index in [1.54, 1.807) is 0 Å². The predicted octanol–water partition coefficient (Wildman–Crippen LogP) is 13.7. The van der Waals surface area contributed by atoms with E-state index in [-0.39, 0.29) is 0 Å². The van der Waals surface area contributed by atoms with Crippen LogP contribution < -0.4 is 4.90 Å². The van der Waals surface area contributed by atoms with Gasteiger partial charge in [0, 0.05) is 36.8 Å². The van der Waals surface area contributed by atoms with Crippen molar-refractivity contribution in [2.24, 2.45) is 0 Å². The molecule has 0 spiro atoms. The van der Waals surface area contributed by atoms with Gasteiger partial charge in [0.15, 0.2) is 0 Å². The quantitative estimate of drug-likeness (QED) is 0.177. The number of rotatable bonds is 6. The van der Waals surface area contributed by atoms with Gasteiger partial charge in [0.25, 0.3) is 0 Å². The standard InChI is InChI=1S/C46H31NS/c1-2-11-32(12-3-1)33-21-23-34(24-22-33)35-25-28-38(29-26-35)47(44-19-10-14-36-13-4-5-15-39(36)44)43-18-8-6-16-40(43)37-27-30-46-42(31-37)41-17-7-9-20-45(41)48-46/h1-31H. The Balaban J connectivity index is 1.17. The first kappa shape index (κ1) is 28.3. The summed E-state index contributed by atoms with van der Waals surface area (Å²) in [6, 6.07) is 68.2. The van der Waals surface area contributed by atoms with Crippen molar-refractivity contribution in [3.8, 4) is 33.4 Å². The molecule has 1 nitrogen and oxygen atoms in total. The van der Waals surface area contributed by atoms with E-state index >= 15 is 0 Å². The molecule has 0 N–H and O–H groups in total. The van der Waals surface area contributed by atoms with Gasteiger partial charge in [-0.25, -0.2) is 0 Å². The van der Waals surface area contributed by atoms with Crippen LogP contribution in [0.15, 0.2) is 188 Å². The molecule has 0 aliphatic carbocycles. The maximum Gasteiger partial charge on any atom is 0.0540 e. The van der Waals surface area contributed by atoms with Crippen molar-refractivity contribution in [3.05, 3.63) is 188 Å². The molecular formula is C46H31NS. The molecule has 9 rings (SSSR count). The molecule has 0 unspecified atom stereocenters. The van der Waals surface area contributed by atoms with Crippen LogP contribution in [-0.4, -0.2) is 0 Å². The molecule has 0 aliphatic rings. The lowest BCUT2D eigenvalue weighted by atomic mass is 9.98. The summed E-state index contributed by atoms with van der Waals surface area (Å²) in [6.07, 6.45) is 0. The van der Waals surface area contributed by atoms with Gasteiger partial charge >= 0.3 is 0 Å². The molecule has 0 saturated carbocycles. The number of fused-ring (bicyclic) bond motifs is 4. The van der Waals surface area contributed by atoms with E-state index in [4.69, 9.17) is 0 Å². The molecule has 0 saturated heterocycles. The van der Waals surface area contributed by atoms with Crippen molar-refractivity contribution >= 4 is 59.3 Å². The fraction of sp³-hybridized carbons (Fsp3) is 0. The van der Waals surface area contributed by atoms with Crippen LogP contribution in [0.4, 0.5) is 17.1 Å². The SMILES string of the molecule is c1ccc(-c2ccc(-c3ccc(N(c4ccccc4-c4ccc5sc6ccccc6c5c4)c4cccc5ccccc45)cc3)cc2)cc1. The third kappa shape index (κ3) is 5.04. The maximum absolute atomic E-state index is 2.43. The molecule has 0 bridgehead atoms. The minimum Gasteiger partial charge on any atom is -0.309 e. The number of hydrogen-bond donors (Lipinski definition) is 0. The second-order valence-electron chi connectivity index (χ2n) is 12.2. The Kier molecular flexibility index (Phi) is 7.07. The summed E-state index contributed by atoms with van der Waals surface area (Å²) in [7, 11) is 0. The van der Waals surface area contributed by atoms with E-state index in [0.717, 1.165) is 17.1 Å². The van der Waals surface area contributed by atoms with Crippen molar-refractivity contribution in [1.29, 1.82) is 0 Å². The van der Waals surface area contributed by atoms with Crippen LogP contribution in [0.1, 0.15) is 0 Å². The van der Waals surface area contributed by atoms with Crippen molar-refractivity contribution in [2.75, 3.05) is 4.90 Å². The summed E-state index contributed by atoms with van der Waals surface area (Å²) in [4.78, 5) is 2.43. The molecule has 0 aliphatic heterocycles. The topological polar surface area (TPSA) is 3.24 Å². The minimum absolute atomic E-state index is 1.12. The molecule has 9 aromatic rings. The lowest BCUT2D eigenvalue weighted by Gasteiger charge is -2.29. The molecule has 0 atom stereocenters. The maximum atomic E-state index is 2.43. The van der Waals surface area contributed by atoms with Crippen LogP contribution in [0.25, 0.3) is 64.3 Å². The van der Waals surface area contributed by atoms with Gasteiger partial charge in [-0.05, 0) is 75.7 Å². The smallest absolute Gasteiger partial charge is 0.0540 e. The van der Waals surface area contributed by atoms with Gasteiger partial charge in [-0.15, -0.1) is 11.3 Å². The highest BCUT2D eigenvalue weighted by atomic mass is 32.1. The molecule has 8 aromatic carbocycles. The molecule has 0 fully saturated rings. The monoisotopic (exact) mass is 629 g/mol. The zero-order chi connectivity index (χ0) is 31.9. The average molecular weight is 630 g/mol. The normalized spacial score (nSPS) is 11.3. The Morgan fingerprint density at radius 1 is 0.333 bits per heavy atom. The van der Waals surface area contributed by atoms with E-state index in [1.165, 1.54) is 64.3 Å². The molecule has 48 heavy (non-hydrogen) atoms. The number of benzene rings is 8. The summed E-state index contributed by atoms with van der Waals surface area (Å²) in [6.45, 7) is 0. The van der Waals surface area contributed by atoms with Gasteiger partial charge in [0.2, 0.25) is 0 Å². The first-order valence-electron chi connectivity index (χ1n) is 16.3.